The fraction of sp³-hybridized carbons (Fsp3) is 0.0652. The molecule has 0 radical (unpaired) electrons. The van der Waals surface area contributed by atoms with Crippen LogP contribution in [0.5, 0.6) is 0 Å². The summed E-state index contributed by atoms with van der Waals surface area (Å²) in [5.74, 6) is 0.923. The second-order valence-corrected chi connectivity index (χ2v) is 14.1. The Balaban J connectivity index is 1.14. The van der Waals surface area contributed by atoms with Gasteiger partial charge in [-0.3, -0.25) is 4.57 Å². The van der Waals surface area contributed by atoms with Gasteiger partial charge < -0.3 is 4.57 Å². The first-order valence-corrected chi connectivity index (χ1v) is 17.4. The van der Waals surface area contributed by atoms with Gasteiger partial charge in [-0.2, -0.15) is 0 Å². The van der Waals surface area contributed by atoms with Gasteiger partial charge in [0, 0.05) is 32.8 Å². The molecule has 0 saturated carbocycles. The third-order valence-electron chi connectivity index (χ3n) is 11.0. The fourth-order valence-electron chi connectivity index (χ4n) is 8.64. The molecule has 5 nitrogen and oxygen atoms in total. The molecule has 5 heteroatoms. The van der Waals surface area contributed by atoms with Crippen LogP contribution in [0.25, 0.3) is 88.4 Å². The molecule has 240 valence electrons. The van der Waals surface area contributed by atoms with Crippen molar-refractivity contribution in [3.05, 3.63) is 163 Å². The molecule has 7 aromatic carbocycles. The van der Waals surface area contributed by atoms with E-state index in [1.807, 2.05) is 6.20 Å². The topological polar surface area (TPSA) is 48.5 Å². The van der Waals surface area contributed by atoms with E-state index in [2.05, 4.69) is 167 Å². The number of fused-ring (bicyclic) bond motifs is 11. The van der Waals surface area contributed by atoms with Crippen molar-refractivity contribution in [1.29, 1.82) is 0 Å². The van der Waals surface area contributed by atoms with Crippen molar-refractivity contribution in [3.63, 3.8) is 0 Å². The van der Waals surface area contributed by atoms with Gasteiger partial charge in [-0.1, -0.05) is 123 Å². The Morgan fingerprint density at radius 3 is 1.98 bits per heavy atom. The molecule has 51 heavy (non-hydrogen) atoms. The Labute approximate surface area is 294 Å². The molecule has 4 heterocycles. The summed E-state index contributed by atoms with van der Waals surface area (Å²) in [6, 6.07) is 50.3. The molecule has 0 fully saturated rings. The van der Waals surface area contributed by atoms with Crippen LogP contribution in [0.1, 0.15) is 25.0 Å². The molecule has 0 saturated heterocycles. The van der Waals surface area contributed by atoms with E-state index in [1.54, 1.807) is 6.33 Å². The molecule has 0 unspecified atom stereocenters. The Bertz CT molecular complexity index is 3040. The number of para-hydroxylation sites is 2. The standard InChI is InChI=1S/C46H31N5/c1-46(2)37-18-10-11-19-39(37)51-40-26-47-27-48-41(40)36-24-30(25-38(46)43(36)51)28-20-22-29(23-21-28)45-49-42-34-16-8-6-14-32(34)33-15-7-9-17-35(33)44(42)50(45)31-12-4-3-5-13-31/h3-27H,1-2H3. The van der Waals surface area contributed by atoms with Crippen molar-refractivity contribution in [2.24, 2.45) is 0 Å². The van der Waals surface area contributed by atoms with Gasteiger partial charge in [0.25, 0.3) is 0 Å². The van der Waals surface area contributed by atoms with E-state index in [0.717, 1.165) is 55.5 Å². The third-order valence-corrected chi connectivity index (χ3v) is 11.0. The van der Waals surface area contributed by atoms with E-state index in [1.165, 1.54) is 44.1 Å². The number of benzene rings is 7. The lowest BCUT2D eigenvalue weighted by atomic mass is 9.74. The van der Waals surface area contributed by atoms with Gasteiger partial charge in [0.1, 0.15) is 12.2 Å². The Morgan fingerprint density at radius 2 is 1.18 bits per heavy atom. The normalized spacial score (nSPS) is 13.5. The van der Waals surface area contributed by atoms with E-state index in [9.17, 15) is 0 Å². The van der Waals surface area contributed by atoms with Gasteiger partial charge in [0.05, 0.1) is 39.5 Å². The highest BCUT2D eigenvalue weighted by molar-refractivity contribution is 6.24. The predicted octanol–water partition coefficient (Wildman–Crippen LogP) is 11.2. The van der Waals surface area contributed by atoms with Crippen molar-refractivity contribution in [1.82, 2.24) is 24.1 Å². The van der Waals surface area contributed by atoms with E-state index in [0.29, 0.717) is 0 Å². The molecule has 1 aliphatic heterocycles. The molecule has 0 spiro atoms. The molecule has 3 aromatic heterocycles. The molecule has 0 bridgehead atoms. The molecule has 0 aliphatic carbocycles. The van der Waals surface area contributed by atoms with Gasteiger partial charge in [-0.15, -0.1) is 0 Å². The molecule has 0 atom stereocenters. The van der Waals surface area contributed by atoms with E-state index in [4.69, 9.17) is 9.97 Å². The highest BCUT2D eigenvalue weighted by Crippen LogP contribution is 2.48. The highest BCUT2D eigenvalue weighted by Gasteiger charge is 2.36. The number of rotatable bonds is 3. The molecule has 1 aliphatic rings. The molecule has 11 rings (SSSR count). The van der Waals surface area contributed by atoms with E-state index < -0.39 is 0 Å². The number of imidazole rings is 1. The van der Waals surface area contributed by atoms with Crippen LogP contribution >= 0.6 is 0 Å². The van der Waals surface area contributed by atoms with Gasteiger partial charge >= 0.3 is 0 Å². The lowest BCUT2D eigenvalue weighted by Crippen LogP contribution is -2.26. The predicted molar refractivity (Wildman–Crippen MR) is 209 cm³/mol. The van der Waals surface area contributed by atoms with Crippen LogP contribution in [0.4, 0.5) is 0 Å². The molecule has 0 amide bonds. The summed E-state index contributed by atoms with van der Waals surface area (Å²) in [4.78, 5) is 14.7. The lowest BCUT2D eigenvalue weighted by molar-refractivity contribution is 0.630. The van der Waals surface area contributed by atoms with Crippen LogP contribution in [0.15, 0.2) is 152 Å². The van der Waals surface area contributed by atoms with Crippen molar-refractivity contribution in [3.8, 4) is 33.9 Å². The average molecular weight is 654 g/mol. The zero-order valence-electron chi connectivity index (χ0n) is 28.2. The van der Waals surface area contributed by atoms with Gasteiger partial charge in [0.2, 0.25) is 0 Å². The van der Waals surface area contributed by atoms with Gasteiger partial charge in [-0.05, 0) is 63.4 Å². The summed E-state index contributed by atoms with van der Waals surface area (Å²) in [5.41, 5.74) is 13.4. The molecule has 10 aromatic rings. The second kappa shape index (κ2) is 10.2. The zero-order chi connectivity index (χ0) is 33.8. The highest BCUT2D eigenvalue weighted by atomic mass is 15.1. The first-order chi connectivity index (χ1) is 25.1. The van der Waals surface area contributed by atoms with Crippen molar-refractivity contribution >= 4 is 54.5 Å². The quantitative estimate of drug-likeness (QED) is 0.178. The summed E-state index contributed by atoms with van der Waals surface area (Å²) in [5, 5.41) is 5.96. The Kier molecular flexibility index (Phi) is 5.66. The van der Waals surface area contributed by atoms with Gasteiger partial charge in [0.15, 0.2) is 0 Å². The van der Waals surface area contributed by atoms with E-state index in [-0.39, 0.29) is 5.41 Å². The van der Waals surface area contributed by atoms with Crippen LogP contribution in [-0.4, -0.2) is 24.1 Å². The summed E-state index contributed by atoms with van der Waals surface area (Å²) in [7, 11) is 0. The smallest absolute Gasteiger partial charge is 0.145 e. The lowest BCUT2D eigenvalue weighted by Gasteiger charge is -2.35. The summed E-state index contributed by atoms with van der Waals surface area (Å²) in [6.07, 6.45) is 3.61. The Hall–Kier alpha value is -6.59. The Morgan fingerprint density at radius 1 is 0.510 bits per heavy atom. The maximum absolute atomic E-state index is 5.44. The minimum Gasteiger partial charge on any atom is -0.306 e. The maximum atomic E-state index is 5.44. The average Bonchev–Trinajstić information content (AvgIpc) is 3.75. The number of nitrogens with zero attached hydrogens (tertiary/aromatic N) is 5. The van der Waals surface area contributed by atoms with Crippen LogP contribution < -0.4 is 0 Å². The summed E-state index contributed by atoms with van der Waals surface area (Å²) < 4.78 is 4.69. The molecule has 0 N–H and O–H groups in total. The molecular weight excluding hydrogens is 623 g/mol. The maximum Gasteiger partial charge on any atom is 0.145 e. The zero-order valence-corrected chi connectivity index (χ0v) is 28.2. The monoisotopic (exact) mass is 653 g/mol. The third kappa shape index (κ3) is 3.83. The number of hydrogen-bond acceptors (Lipinski definition) is 3. The SMILES string of the molecule is CC1(C)c2ccccc2-n2c3cncnc3c3cc(-c4ccc(-c5nc6c7ccccc7c7ccccc7c6n5-c5ccccc5)cc4)cc1c32. The first-order valence-electron chi connectivity index (χ1n) is 17.4. The largest absolute Gasteiger partial charge is 0.306 e. The van der Waals surface area contributed by atoms with Crippen LogP contribution in [0.3, 0.4) is 0 Å². The van der Waals surface area contributed by atoms with Crippen LogP contribution in [-0.2, 0) is 5.41 Å². The number of aromatic nitrogens is 5. The summed E-state index contributed by atoms with van der Waals surface area (Å²) in [6.45, 7) is 4.67. The van der Waals surface area contributed by atoms with E-state index >= 15 is 0 Å². The first kappa shape index (κ1) is 28.3. The number of hydrogen-bond donors (Lipinski definition) is 0. The van der Waals surface area contributed by atoms with Crippen LogP contribution in [0, 0.1) is 0 Å². The van der Waals surface area contributed by atoms with Crippen molar-refractivity contribution in [2.75, 3.05) is 0 Å². The van der Waals surface area contributed by atoms with Crippen molar-refractivity contribution in [2.45, 2.75) is 19.3 Å². The molecular formula is C46H31N5. The fourth-order valence-corrected chi connectivity index (χ4v) is 8.64. The van der Waals surface area contributed by atoms with Gasteiger partial charge in [-0.25, -0.2) is 15.0 Å². The van der Waals surface area contributed by atoms with Crippen LogP contribution in [0.2, 0.25) is 0 Å². The minimum atomic E-state index is -0.200. The minimum absolute atomic E-state index is 0.200. The van der Waals surface area contributed by atoms with Crippen molar-refractivity contribution < 1.29 is 0 Å². The summed E-state index contributed by atoms with van der Waals surface area (Å²) >= 11 is 0. The second-order valence-electron chi connectivity index (χ2n) is 14.1.